The van der Waals surface area contributed by atoms with Gasteiger partial charge in [-0.05, 0) is 48.9 Å². The number of nitrogens with one attached hydrogen (secondary N) is 1. The fourth-order valence-electron chi connectivity index (χ4n) is 3.01. The summed E-state index contributed by atoms with van der Waals surface area (Å²) in [7, 11) is -4.02. The van der Waals surface area contributed by atoms with Crippen LogP contribution >= 0.6 is 0 Å². The zero-order valence-electron chi connectivity index (χ0n) is 20.4. The molecule has 0 atom stereocenters. The maximum Gasteiger partial charge on any atom is 0.433 e. The zero-order chi connectivity index (χ0) is 28.6. The van der Waals surface area contributed by atoms with Crippen molar-refractivity contribution < 1.29 is 39.7 Å². The Morgan fingerprint density at radius 2 is 1.87 bits per heavy atom. The number of alkyl halides is 3. The summed E-state index contributed by atoms with van der Waals surface area (Å²) in [5, 5.41) is 2.83. The van der Waals surface area contributed by atoms with E-state index in [0.29, 0.717) is 34.3 Å². The first-order chi connectivity index (χ1) is 18.4. The van der Waals surface area contributed by atoms with Gasteiger partial charge in [0.25, 0.3) is 16.1 Å². The van der Waals surface area contributed by atoms with Gasteiger partial charge in [0.2, 0.25) is 0 Å². The van der Waals surface area contributed by atoms with Gasteiger partial charge in [0.15, 0.2) is 5.58 Å². The van der Waals surface area contributed by atoms with E-state index in [2.05, 4.69) is 15.3 Å². The molecule has 0 aliphatic heterocycles. The lowest BCUT2D eigenvalue weighted by atomic mass is 10.2. The third kappa shape index (κ3) is 8.77. The van der Waals surface area contributed by atoms with Gasteiger partial charge in [0.05, 0.1) is 11.2 Å². The molecule has 4 N–H and O–H groups in total. The molecule has 0 aliphatic rings. The number of aromatic nitrogens is 2. The minimum atomic E-state index is -4.51. The Morgan fingerprint density at radius 3 is 2.49 bits per heavy atom. The van der Waals surface area contributed by atoms with Crippen LogP contribution in [0.5, 0.6) is 5.75 Å². The predicted octanol–water partition coefficient (Wildman–Crippen LogP) is 5.29. The van der Waals surface area contributed by atoms with Gasteiger partial charge in [0.1, 0.15) is 23.6 Å². The number of anilines is 1. The van der Waals surface area contributed by atoms with Crippen molar-refractivity contribution in [3.63, 3.8) is 0 Å². The molecule has 4 aromatic rings. The number of ether oxygens (including phenoxy) is 1. The number of hydrogen-bond acceptors (Lipinski definition) is 8. The largest absolute Gasteiger partial charge is 0.489 e. The maximum absolute atomic E-state index is 12.7. The Labute approximate surface area is 221 Å². The van der Waals surface area contributed by atoms with Crippen LogP contribution in [0.15, 0.2) is 82.0 Å². The molecule has 2 aromatic heterocycles. The van der Waals surface area contributed by atoms with Gasteiger partial charge in [-0.15, -0.1) is 0 Å². The number of nitrogens with two attached hydrogens (primary N) is 1. The van der Waals surface area contributed by atoms with E-state index in [1.807, 2.05) is 6.92 Å². The van der Waals surface area contributed by atoms with Crippen molar-refractivity contribution in [1.82, 2.24) is 9.97 Å². The Hall–Kier alpha value is -4.01. The molecule has 4 rings (SSSR count). The highest BCUT2D eigenvalue weighted by atomic mass is 32.2. The van der Waals surface area contributed by atoms with Crippen LogP contribution in [0.25, 0.3) is 11.1 Å². The second-order valence-corrected chi connectivity index (χ2v) is 9.52. The molecule has 2 heterocycles. The van der Waals surface area contributed by atoms with E-state index in [4.69, 9.17) is 19.4 Å². The Balaban J connectivity index is 0.000000320. The molecule has 14 heteroatoms. The van der Waals surface area contributed by atoms with Crippen LogP contribution in [0.1, 0.15) is 16.8 Å². The molecule has 2 aromatic carbocycles. The van der Waals surface area contributed by atoms with Gasteiger partial charge in [-0.1, -0.05) is 17.7 Å². The van der Waals surface area contributed by atoms with E-state index in [-0.39, 0.29) is 30.6 Å². The number of oxazole rings is 1. The normalized spacial score (nSPS) is 12.1. The maximum atomic E-state index is 12.7. The first-order valence-electron chi connectivity index (χ1n) is 11.2. The van der Waals surface area contributed by atoms with Crippen LogP contribution in [-0.4, -0.2) is 36.1 Å². The molecular formula is C25H24F4N4O5S. The van der Waals surface area contributed by atoms with E-state index in [0.717, 1.165) is 17.8 Å². The molecule has 0 unspecified atom stereocenters. The lowest BCUT2D eigenvalue weighted by Gasteiger charge is -2.07. The van der Waals surface area contributed by atoms with Crippen molar-refractivity contribution in [2.75, 3.05) is 18.5 Å². The van der Waals surface area contributed by atoms with Gasteiger partial charge in [-0.2, -0.15) is 26.6 Å². The molecule has 0 radical (unpaired) electrons. The summed E-state index contributed by atoms with van der Waals surface area (Å²) in [6.07, 6.45) is -3.01. The van der Waals surface area contributed by atoms with Crippen LogP contribution in [0, 0.1) is 6.92 Å². The molecule has 0 fully saturated rings. The smallest absolute Gasteiger partial charge is 0.433 e. The van der Waals surface area contributed by atoms with E-state index in [1.54, 1.807) is 30.3 Å². The molecule has 0 amide bonds. The van der Waals surface area contributed by atoms with Gasteiger partial charge in [-0.3, -0.25) is 9.54 Å². The van der Waals surface area contributed by atoms with Gasteiger partial charge >= 0.3 is 6.18 Å². The number of fused-ring (bicyclic) bond motifs is 1. The third-order valence-corrected chi connectivity index (χ3v) is 5.95. The van der Waals surface area contributed by atoms with Crippen LogP contribution < -0.4 is 15.8 Å². The predicted molar refractivity (Wildman–Crippen MR) is 135 cm³/mol. The van der Waals surface area contributed by atoms with Crippen molar-refractivity contribution in [1.29, 1.82) is 0 Å². The molecule has 208 valence electrons. The molecule has 39 heavy (non-hydrogen) atoms. The highest BCUT2D eigenvalue weighted by molar-refractivity contribution is 7.85. The number of rotatable bonds is 8. The van der Waals surface area contributed by atoms with E-state index < -0.39 is 22.0 Å². The summed E-state index contributed by atoms with van der Waals surface area (Å²) < 4.78 is 91.2. The Kier molecular flexibility index (Phi) is 9.61. The molecule has 0 saturated carbocycles. The summed E-state index contributed by atoms with van der Waals surface area (Å²) in [5.74, 6) is 0.437. The summed E-state index contributed by atoms with van der Waals surface area (Å²) >= 11 is 0. The van der Waals surface area contributed by atoms with Crippen LogP contribution in [0.3, 0.4) is 0 Å². The van der Waals surface area contributed by atoms with Crippen molar-refractivity contribution in [2.45, 2.75) is 24.5 Å². The molecular weight excluding hydrogens is 544 g/mol. The third-order valence-electron chi connectivity index (χ3n) is 5.08. The quantitative estimate of drug-likeness (QED) is 0.191. The van der Waals surface area contributed by atoms with Gasteiger partial charge in [-0.25, -0.2) is 4.39 Å². The number of aryl methyl sites for hydroxylation is 1. The average molecular weight is 569 g/mol. The fraction of sp³-hybridized carbons (Fsp3) is 0.200. The molecule has 0 spiro atoms. The fourth-order valence-corrected chi connectivity index (χ4v) is 3.49. The van der Waals surface area contributed by atoms with Crippen LogP contribution in [0.4, 0.5) is 23.6 Å². The highest BCUT2D eigenvalue weighted by Gasteiger charge is 2.32. The number of pyridine rings is 1. The number of benzene rings is 2. The molecule has 0 saturated heterocycles. The second kappa shape index (κ2) is 12.7. The number of nitrogens with zero attached hydrogens (tertiary/aromatic N) is 2. The van der Waals surface area contributed by atoms with E-state index in [9.17, 15) is 26.0 Å². The van der Waals surface area contributed by atoms with Crippen LogP contribution in [-0.2, 0) is 22.8 Å². The van der Waals surface area contributed by atoms with E-state index >= 15 is 0 Å². The van der Waals surface area contributed by atoms with Crippen LogP contribution in [0.2, 0.25) is 0 Å². The summed E-state index contributed by atoms with van der Waals surface area (Å²) in [6.45, 7) is 1.96. The van der Waals surface area contributed by atoms with Crippen molar-refractivity contribution in [3.05, 3.63) is 89.5 Å². The average Bonchev–Trinajstić information content (AvgIpc) is 3.30. The van der Waals surface area contributed by atoms with Crippen molar-refractivity contribution in [3.8, 4) is 5.75 Å². The minimum Gasteiger partial charge on any atom is -0.489 e. The standard InChI is InChI=1S/C18H16F4N4O2.C7H8O3S/c19-7-12(8-23)10-27-13-1-2-14-15(6-13)28-17(26-14)25-9-11-3-4-24-16(5-11)18(20,21)22;1-6-2-4-7(5-3-6)11(8,9)10/h1-7H,8-10,23H2,(H,25,26);2-5H,1H3,(H,8,9,10)/b12-7-;. The van der Waals surface area contributed by atoms with E-state index in [1.165, 1.54) is 18.2 Å². The van der Waals surface area contributed by atoms with Gasteiger partial charge in [0, 0.05) is 30.9 Å². The lowest BCUT2D eigenvalue weighted by molar-refractivity contribution is -0.141. The summed E-state index contributed by atoms with van der Waals surface area (Å²) in [5.41, 5.74) is 6.97. The highest BCUT2D eigenvalue weighted by Crippen LogP contribution is 2.28. The summed E-state index contributed by atoms with van der Waals surface area (Å²) in [6, 6.07) is 13.4. The second-order valence-electron chi connectivity index (χ2n) is 8.10. The first kappa shape index (κ1) is 29.5. The minimum absolute atomic E-state index is 0.00132. The Morgan fingerprint density at radius 1 is 1.15 bits per heavy atom. The molecule has 0 aliphatic carbocycles. The zero-order valence-corrected chi connectivity index (χ0v) is 21.3. The van der Waals surface area contributed by atoms with Crippen molar-refractivity contribution in [2.24, 2.45) is 5.73 Å². The number of hydrogen-bond donors (Lipinski definition) is 3. The molecule has 9 nitrogen and oxygen atoms in total. The topological polar surface area (TPSA) is 141 Å². The SMILES string of the molecule is Cc1ccc(S(=O)(=O)O)cc1.NC/C(=C/F)COc1ccc2nc(NCc3ccnc(C(F)(F)F)c3)oc2c1. The number of halogens is 4. The van der Waals surface area contributed by atoms with Gasteiger partial charge < -0.3 is 20.2 Å². The lowest BCUT2D eigenvalue weighted by Crippen LogP contribution is -2.10. The van der Waals surface area contributed by atoms with Crippen molar-refractivity contribution >= 4 is 27.2 Å². The monoisotopic (exact) mass is 568 g/mol. The Bertz CT molecular complexity index is 1540. The summed E-state index contributed by atoms with van der Waals surface area (Å²) in [4.78, 5) is 7.45. The molecule has 0 bridgehead atoms. The first-order valence-corrected chi connectivity index (χ1v) is 12.6.